The van der Waals surface area contributed by atoms with E-state index in [1.807, 2.05) is 47.4 Å². The molecule has 2 fully saturated rings. The monoisotopic (exact) mass is 336 g/mol. The molecule has 1 aliphatic heterocycles. The van der Waals surface area contributed by atoms with Crippen molar-refractivity contribution in [2.75, 3.05) is 13.1 Å². The van der Waals surface area contributed by atoms with Gasteiger partial charge in [-0.2, -0.15) is 0 Å². The lowest BCUT2D eigenvalue weighted by Crippen LogP contribution is -2.49. The summed E-state index contributed by atoms with van der Waals surface area (Å²) in [6.07, 6.45) is 4.88. The van der Waals surface area contributed by atoms with Crippen molar-refractivity contribution in [2.24, 2.45) is 5.41 Å². The van der Waals surface area contributed by atoms with Crippen molar-refractivity contribution in [2.45, 2.75) is 38.6 Å². The van der Waals surface area contributed by atoms with Crippen LogP contribution in [0.5, 0.6) is 0 Å². The second-order valence-electron chi connectivity index (χ2n) is 7.58. The second-order valence-corrected chi connectivity index (χ2v) is 7.58. The summed E-state index contributed by atoms with van der Waals surface area (Å²) in [5, 5.41) is 4.99. The third-order valence-electron chi connectivity index (χ3n) is 5.82. The molecule has 2 aliphatic rings. The Labute approximate surface area is 148 Å². The van der Waals surface area contributed by atoms with Crippen LogP contribution in [0, 0.1) is 5.41 Å². The molecule has 2 amide bonds. The first-order chi connectivity index (χ1) is 12.1. The van der Waals surface area contributed by atoms with Gasteiger partial charge in [0.2, 0.25) is 5.91 Å². The van der Waals surface area contributed by atoms with Gasteiger partial charge in [-0.15, -0.1) is 0 Å². The van der Waals surface area contributed by atoms with E-state index in [9.17, 15) is 9.59 Å². The number of nitrogens with one attached hydrogen (secondary N) is 1. The number of piperidine rings is 1. The molecule has 2 aromatic carbocycles. The average Bonchev–Trinajstić information content (AvgIpc) is 3.40. The Kier molecular flexibility index (Phi) is 3.98. The van der Waals surface area contributed by atoms with Gasteiger partial charge >= 0.3 is 0 Å². The minimum absolute atomic E-state index is 0.0321. The highest BCUT2D eigenvalue weighted by Gasteiger charge is 2.45. The number of amides is 2. The zero-order valence-corrected chi connectivity index (χ0v) is 14.6. The van der Waals surface area contributed by atoms with Crippen molar-refractivity contribution >= 4 is 22.6 Å². The number of likely N-dealkylation sites (tertiary alicyclic amines) is 1. The van der Waals surface area contributed by atoms with Crippen LogP contribution in [0.2, 0.25) is 0 Å². The molecule has 0 unspecified atom stereocenters. The molecule has 1 saturated carbocycles. The standard InChI is InChI=1S/C21H24N2O2/c1-15(20(25)23-12-10-21(8-9-21)11-13-23)22-19(24)18-7-6-16-4-2-3-5-17(16)14-18/h2-7,14-15H,8-13H2,1H3,(H,22,24)/t15-/m0/s1. The van der Waals surface area contributed by atoms with Crippen molar-refractivity contribution in [3.05, 3.63) is 48.0 Å². The maximum atomic E-state index is 12.6. The van der Waals surface area contributed by atoms with Crippen LogP contribution in [0.1, 0.15) is 43.0 Å². The molecule has 4 rings (SSSR count). The molecule has 25 heavy (non-hydrogen) atoms. The van der Waals surface area contributed by atoms with Gasteiger partial charge < -0.3 is 10.2 Å². The fourth-order valence-corrected chi connectivity index (χ4v) is 3.82. The van der Waals surface area contributed by atoms with Crippen LogP contribution in [-0.4, -0.2) is 35.8 Å². The van der Waals surface area contributed by atoms with Gasteiger partial charge in [-0.05, 0) is 60.9 Å². The van der Waals surface area contributed by atoms with Gasteiger partial charge in [-0.1, -0.05) is 30.3 Å². The van der Waals surface area contributed by atoms with E-state index in [2.05, 4.69) is 5.32 Å². The molecule has 4 heteroatoms. The van der Waals surface area contributed by atoms with Crippen LogP contribution in [0.25, 0.3) is 10.8 Å². The van der Waals surface area contributed by atoms with Gasteiger partial charge in [-0.3, -0.25) is 9.59 Å². The van der Waals surface area contributed by atoms with E-state index < -0.39 is 6.04 Å². The van der Waals surface area contributed by atoms with Gasteiger partial charge in [0, 0.05) is 18.7 Å². The van der Waals surface area contributed by atoms with E-state index in [0.717, 1.165) is 36.7 Å². The summed E-state index contributed by atoms with van der Waals surface area (Å²) >= 11 is 0. The number of fused-ring (bicyclic) bond motifs is 1. The topological polar surface area (TPSA) is 49.4 Å². The Hall–Kier alpha value is -2.36. The Morgan fingerprint density at radius 3 is 2.36 bits per heavy atom. The molecule has 0 radical (unpaired) electrons. The fraction of sp³-hybridized carbons (Fsp3) is 0.429. The number of benzene rings is 2. The number of rotatable bonds is 3. The minimum Gasteiger partial charge on any atom is -0.341 e. The van der Waals surface area contributed by atoms with Crippen LogP contribution in [0.3, 0.4) is 0 Å². The highest BCUT2D eigenvalue weighted by atomic mass is 16.2. The molecule has 0 aromatic heterocycles. The lowest BCUT2D eigenvalue weighted by Gasteiger charge is -2.33. The van der Waals surface area contributed by atoms with E-state index in [-0.39, 0.29) is 11.8 Å². The smallest absolute Gasteiger partial charge is 0.251 e. The summed E-state index contributed by atoms with van der Waals surface area (Å²) in [5.74, 6) is -0.160. The quantitative estimate of drug-likeness (QED) is 0.934. The Morgan fingerprint density at radius 2 is 1.68 bits per heavy atom. The summed E-state index contributed by atoms with van der Waals surface area (Å²) in [4.78, 5) is 27.0. The fourth-order valence-electron chi connectivity index (χ4n) is 3.82. The Balaban J connectivity index is 1.39. The van der Waals surface area contributed by atoms with Crippen LogP contribution in [-0.2, 0) is 4.79 Å². The molecular formula is C21H24N2O2. The molecule has 0 bridgehead atoms. The van der Waals surface area contributed by atoms with Gasteiger partial charge in [0.25, 0.3) is 5.91 Å². The highest BCUT2D eigenvalue weighted by Crippen LogP contribution is 2.53. The molecule has 1 atom stereocenters. The third kappa shape index (κ3) is 3.26. The van der Waals surface area contributed by atoms with Gasteiger partial charge in [0.15, 0.2) is 0 Å². The third-order valence-corrected chi connectivity index (χ3v) is 5.82. The summed E-state index contributed by atoms with van der Waals surface area (Å²) < 4.78 is 0. The lowest BCUT2D eigenvalue weighted by atomic mass is 9.93. The SMILES string of the molecule is C[C@H](NC(=O)c1ccc2ccccc2c1)C(=O)N1CCC2(CC1)CC2. The highest BCUT2D eigenvalue weighted by molar-refractivity contribution is 6.00. The first-order valence-corrected chi connectivity index (χ1v) is 9.15. The predicted octanol–water partition coefficient (Wildman–Crippen LogP) is 3.36. The zero-order valence-electron chi connectivity index (χ0n) is 14.6. The molecule has 1 aliphatic carbocycles. The zero-order chi connectivity index (χ0) is 17.4. The first-order valence-electron chi connectivity index (χ1n) is 9.15. The first kappa shape index (κ1) is 16.1. The number of carbonyl (C=O) groups excluding carboxylic acids is 2. The number of hydrogen-bond acceptors (Lipinski definition) is 2. The van der Waals surface area contributed by atoms with Crippen LogP contribution in [0.15, 0.2) is 42.5 Å². The van der Waals surface area contributed by atoms with Gasteiger partial charge in [0.05, 0.1) is 0 Å². The second kappa shape index (κ2) is 6.17. The van der Waals surface area contributed by atoms with Gasteiger partial charge in [-0.25, -0.2) is 0 Å². The van der Waals surface area contributed by atoms with E-state index in [1.165, 1.54) is 12.8 Å². The van der Waals surface area contributed by atoms with Crippen molar-refractivity contribution in [1.29, 1.82) is 0 Å². The molecular weight excluding hydrogens is 312 g/mol. The maximum Gasteiger partial charge on any atom is 0.251 e. The maximum absolute atomic E-state index is 12.6. The Bertz CT molecular complexity index is 816. The van der Waals surface area contributed by atoms with Crippen LogP contribution < -0.4 is 5.32 Å². The normalized spacial score (nSPS) is 19.6. The number of carbonyl (C=O) groups is 2. The van der Waals surface area contributed by atoms with Crippen LogP contribution in [0.4, 0.5) is 0 Å². The molecule has 4 nitrogen and oxygen atoms in total. The van der Waals surface area contributed by atoms with Crippen molar-refractivity contribution in [3.8, 4) is 0 Å². The molecule has 1 spiro atoms. The largest absolute Gasteiger partial charge is 0.341 e. The number of nitrogens with zero attached hydrogens (tertiary/aromatic N) is 1. The molecule has 1 N–H and O–H groups in total. The van der Waals surface area contributed by atoms with Crippen molar-refractivity contribution < 1.29 is 9.59 Å². The summed E-state index contributed by atoms with van der Waals surface area (Å²) in [7, 11) is 0. The lowest BCUT2D eigenvalue weighted by molar-refractivity contribution is -0.134. The average molecular weight is 336 g/mol. The van der Waals surface area contributed by atoms with E-state index in [1.54, 1.807) is 6.92 Å². The minimum atomic E-state index is -0.493. The van der Waals surface area contributed by atoms with Gasteiger partial charge in [0.1, 0.15) is 6.04 Å². The molecule has 1 heterocycles. The van der Waals surface area contributed by atoms with E-state index in [0.29, 0.717) is 11.0 Å². The molecule has 130 valence electrons. The molecule has 2 aromatic rings. The summed E-state index contributed by atoms with van der Waals surface area (Å²) in [5.41, 5.74) is 1.14. The van der Waals surface area contributed by atoms with Crippen molar-refractivity contribution in [1.82, 2.24) is 10.2 Å². The number of hydrogen-bond donors (Lipinski definition) is 1. The predicted molar refractivity (Wildman–Crippen MR) is 98.4 cm³/mol. The van der Waals surface area contributed by atoms with E-state index in [4.69, 9.17) is 0 Å². The summed E-state index contributed by atoms with van der Waals surface area (Å²) in [6.45, 7) is 3.44. The summed E-state index contributed by atoms with van der Waals surface area (Å²) in [6, 6.07) is 13.1. The van der Waals surface area contributed by atoms with Crippen molar-refractivity contribution in [3.63, 3.8) is 0 Å². The Morgan fingerprint density at radius 1 is 1.00 bits per heavy atom. The molecule has 1 saturated heterocycles. The van der Waals surface area contributed by atoms with Crippen LogP contribution >= 0.6 is 0 Å². The van der Waals surface area contributed by atoms with E-state index >= 15 is 0 Å².